The number of halogens is 7. The first-order chi connectivity index (χ1) is 15.3. The molecule has 1 aliphatic carbocycles. The van der Waals surface area contributed by atoms with Crippen molar-refractivity contribution in [3.8, 4) is 0 Å². The Balaban J connectivity index is 1.50. The molecule has 4 unspecified atom stereocenters. The third-order valence-electron chi connectivity index (χ3n) is 6.15. The summed E-state index contributed by atoms with van der Waals surface area (Å²) in [4.78, 5) is 3.42. The standard InChI is InChI=1S/C20H18ClF6N3O2S/c21-14-7-10(19(22,23)24)1-5-16(14)33(31,32)18-12-3-4-15(13(12)9-29-18)30-17-6-2-11(8-28-17)20(25,26)27/h1-2,5-8,12-13,15,18,29H,3-4,9H2,(H,28,30). The zero-order valence-corrected chi connectivity index (χ0v) is 18.3. The number of benzene rings is 1. The molecule has 13 heteroatoms. The van der Waals surface area contributed by atoms with Crippen LogP contribution in [0.2, 0.25) is 5.02 Å². The predicted molar refractivity (Wildman–Crippen MR) is 108 cm³/mol. The highest BCUT2D eigenvalue weighted by Gasteiger charge is 2.50. The van der Waals surface area contributed by atoms with Gasteiger partial charge in [-0.2, -0.15) is 26.3 Å². The van der Waals surface area contributed by atoms with Crippen LogP contribution in [0.4, 0.5) is 32.2 Å². The number of hydrogen-bond donors (Lipinski definition) is 2. The minimum Gasteiger partial charge on any atom is -0.367 e. The number of hydrogen-bond acceptors (Lipinski definition) is 5. The van der Waals surface area contributed by atoms with E-state index in [0.29, 0.717) is 31.5 Å². The molecule has 2 heterocycles. The number of fused-ring (bicyclic) bond motifs is 1. The van der Waals surface area contributed by atoms with E-state index in [2.05, 4.69) is 15.6 Å². The van der Waals surface area contributed by atoms with Crippen molar-refractivity contribution in [3.63, 3.8) is 0 Å². The molecule has 5 nitrogen and oxygen atoms in total. The lowest BCUT2D eigenvalue weighted by atomic mass is 9.97. The molecule has 1 saturated heterocycles. The fourth-order valence-corrected chi connectivity index (χ4v) is 7.05. The van der Waals surface area contributed by atoms with Gasteiger partial charge in [0.25, 0.3) is 0 Å². The summed E-state index contributed by atoms with van der Waals surface area (Å²) in [6.07, 6.45) is -7.37. The number of anilines is 1. The zero-order valence-electron chi connectivity index (χ0n) is 16.7. The normalized spacial score (nSPS) is 25.8. The highest BCUT2D eigenvalue weighted by atomic mass is 35.5. The average molecular weight is 514 g/mol. The summed E-state index contributed by atoms with van der Waals surface area (Å²) in [7, 11) is -4.08. The van der Waals surface area contributed by atoms with E-state index in [4.69, 9.17) is 11.6 Å². The van der Waals surface area contributed by atoms with Gasteiger partial charge in [0.05, 0.1) is 21.0 Å². The molecule has 1 aromatic heterocycles. The molecule has 33 heavy (non-hydrogen) atoms. The molecule has 1 saturated carbocycles. The monoisotopic (exact) mass is 513 g/mol. The van der Waals surface area contributed by atoms with Crippen LogP contribution in [0.1, 0.15) is 24.0 Å². The Hall–Kier alpha value is -2.05. The molecule has 1 aromatic carbocycles. The van der Waals surface area contributed by atoms with E-state index in [9.17, 15) is 34.8 Å². The Labute approximate surface area is 190 Å². The first-order valence-corrected chi connectivity index (χ1v) is 11.8. The van der Waals surface area contributed by atoms with Crippen LogP contribution in [0, 0.1) is 11.8 Å². The summed E-state index contributed by atoms with van der Waals surface area (Å²) < 4.78 is 103. The van der Waals surface area contributed by atoms with Crippen LogP contribution in [0.5, 0.6) is 0 Å². The van der Waals surface area contributed by atoms with Crippen LogP contribution in [-0.4, -0.2) is 31.4 Å². The van der Waals surface area contributed by atoms with E-state index >= 15 is 0 Å². The first kappa shape index (κ1) is 24.1. The zero-order chi connectivity index (χ0) is 24.2. The van der Waals surface area contributed by atoms with Gasteiger partial charge >= 0.3 is 12.4 Å². The molecule has 0 spiro atoms. The summed E-state index contributed by atoms with van der Waals surface area (Å²) in [5.74, 6) is -0.270. The van der Waals surface area contributed by atoms with Gasteiger partial charge < -0.3 is 10.6 Å². The molecule has 0 amide bonds. The fraction of sp³-hybridized carbons (Fsp3) is 0.450. The van der Waals surface area contributed by atoms with Crippen LogP contribution in [-0.2, 0) is 22.2 Å². The predicted octanol–water partition coefficient (Wildman–Crippen LogP) is 4.98. The van der Waals surface area contributed by atoms with Crippen molar-refractivity contribution in [3.05, 3.63) is 52.7 Å². The molecule has 1 aliphatic heterocycles. The maximum atomic E-state index is 13.2. The molecule has 180 valence electrons. The van der Waals surface area contributed by atoms with Gasteiger partial charge in [0.2, 0.25) is 0 Å². The highest BCUT2D eigenvalue weighted by Crippen LogP contribution is 2.44. The minimum absolute atomic E-state index is 0.165. The molecule has 0 radical (unpaired) electrons. The van der Waals surface area contributed by atoms with Crippen LogP contribution in [0.15, 0.2) is 41.4 Å². The van der Waals surface area contributed by atoms with E-state index in [0.717, 1.165) is 18.3 Å². The van der Waals surface area contributed by atoms with Crippen molar-refractivity contribution in [1.82, 2.24) is 10.3 Å². The molecular weight excluding hydrogens is 496 g/mol. The molecule has 2 N–H and O–H groups in total. The second kappa shape index (κ2) is 8.31. The Bertz CT molecular complexity index is 1140. The third-order valence-corrected chi connectivity index (χ3v) is 8.72. The van der Waals surface area contributed by atoms with Gasteiger partial charge in [0.1, 0.15) is 11.2 Å². The summed E-state index contributed by atoms with van der Waals surface area (Å²) in [6.45, 7) is 0.311. The molecule has 4 rings (SSSR count). The van der Waals surface area contributed by atoms with Gasteiger partial charge in [0, 0.05) is 18.8 Å². The SMILES string of the molecule is O=S(=O)(c1ccc(C(F)(F)F)cc1Cl)C1NCC2C(Nc3ccc(C(F)(F)F)cn3)CCC21. The number of aromatic nitrogens is 1. The molecule has 2 aromatic rings. The average Bonchev–Trinajstić information content (AvgIpc) is 3.30. The van der Waals surface area contributed by atoms with Gasteiger partial charge in [-0.15, -0.1) is 0 Å². The summed E-state index contributed by atoms with van der Waals surface area (Å²) in [6, 6.07) is 4.04. The molecule has 0 bridgehead atoms. The second-order valence-electron chi connectivity index (χ2n) is 8.10. The smallest absolute Gasteiger partial charge is 0.367 e. The molecule has 2 fully saturated rings. The number of sulfone groups is 1. The molecule has 4 atom stereocenters. The second-order valence-corrected chi connectivity index (χ2v) is 10.5. The van der Waals surface area contributed by atoms with Crippen LogP contribution < -0.4 is 10.6 Å². The largest absolute Gasteiger partial charge is 0.417 e. The summed E-state index contributed by atoms with van der Waals surface area (Å²) >= 11 is 5.91. The Morgan fingerprint density at radius 3 is 2.21 bits per heavy atom. The van der Waals surface area contributed by atoms with Gasteiger partial charge in [-0.1, -0.05) is 11.6 Å². The lowest BCUT2D eigenvalue weighted by Gasteiger charge is -2.21. The van der Waals surface area contributed by atoms with E-state index in [1.54, 1.807) is 0 Å². The van der Waals surface area contributed by atoms with E-state index in [1.807, 2.05) is 0 Å². The van der Waals surface area contributed by atoms with Crippen molar-refractivity contribution in [2.75, 3.05) is 11.9 Å². The number of rotatable bonds is 4. The number of pyridine rings is 1. The Morgan fingerprint density at radius 2 is 1.64 bits per heavy atom. The van der Waals surface area contributed by atoms with Crippen molar-refractivity contribution in [2.24, 2.45) is 11.8 Å². The molecule has 2 aliphatic rings. The van der Waals surface area contributed by atoms with Gasteiger partial charge in [-0.25, -0.2) is 13.4 Å². The highest BCUT2D eigenvalue weighted by molar-refractivity contribution is 7.92. The lowest BCUT2D eigenvalue weighted by molar-refractivity contribution is -0.138. The topological polar surface area (TPSA) is 71.1 Å². The quantitative estimate of drug-likeness (QED) is 0.564. The van der Waals surface area contributed by atoms with Crippen molar-refractivity contribution < 1.29 is 34.8 Å². The van der Waals surface area contributed by atoms with Crippen LogP contribution >= 0.6 is 11.6 Å². The maximum absolute atomic E-state index is 13.2. The maximum Gasteiger partial charge on any atom is 0.417 e. The van der Waals surface area contributed by atoms with Gasteiger partial charge in [-0.3, -0.25) is 0 Å². The summed E-state index contributed by atoms with van der Waals surface area (Å²) in [5.41, 5.74) is -1.92. The number of nitrogens with zero attached hydrogens (tertiary/aromatic N) is 1. The minimum atomic E-state index is -4.65. The number of alkyl halides is 6. The van der Waals surface area contributed by atoms with Crippen molar-refractivity contribution >= 4 is 27.3 Å². The summed E-state index contributed by atoms with van der Waals surface area (Å²) in [5, 5.41) is 4.47. The van der Waals surface area contributed by atoms with Crippen LogP contribution in [0.25, 0.3) is 0 Å². The fourth-order valence-electron chi connectivity index (χ4n) is 4.57. The first-order valence-electron chi connectivity index (χ1n) is 9.92. The van der Waals surface area contributed by atoms with Crippen molar-refractivity contribution in [1.29, 1.82) is 0 Å². The van der Waals surface area contributed by atoms with E-state index in [1.165, 1.54) is 6.07 Å². The Kier molecular flexibility index (Phi) is 6.07. The number of nitrogens with one attached hydrogen (secondary N) is 2. The van der Waals surface area contributed by atoms with E-state index < -0.39 is 43.7 Å². The van der Waals surface area contributed by atoms with Gasteiger partial charge in [0.15, 0.2) is 9.84 Å². The van der Waals surface area contributed by atoms with Gasteiger partial charge in [-0.05, 0) is 55.0 Å². The van der Waals surface area contributed by atoms with E-state index in [-0.39, 0.29) is 28.6 Å². The Morgan fingerprint density at radius 1 is 0.970 bits per heavy atom. The van der Waals surface area contributed by atoms with Crippen molar-refractivity contribution in [2.45, 2.75) is 41.5 Å². The molecular formula is C20H18ClF6N3O2S. The lowest BCUT2D eigenvalue weighted by Crippen LogP contribution is -2.35. The van der Waals surface area contributed by atoms with Crippen LogP contribution in [0.3, 0.4) is 0 Å². The third kappa shape index (κ3) is 4.65.